The Labute approximate surface area is 173 Å². The summed E-state index contributed by atoms with van der Waals surface area (Å²) in [7, 11) is 1.67. The molecule has 6 nitrogen and oxygen atoms in total. The summed E-state index contributed by atoms with van der Waals surface area (Å²) in [6.45, 7) is 11.9. The molecule has 0 radical (unpaired) electrons. The molecule has 1 N–H and O–H groups in total. The number of hydrogen-bond donors (Lipinski definition) is 1. The standard InChI is InChI=1S/C23H33N3O3/c1-5-21-17(2)22(23(27)24-9-10-25-11-13-29-14-12-25)26(18(21)3)16-19-7-6-8-20(15-19)28-4/h6-8,15H,5,9-14,16H2,1-4H3,(H,24,27). The number of morpholine rings is 1. The van der Waals surface area contributed by atoms with E-state index >= 15 is 0 Å². The van der Waals surface area contributed by atoms with Gasteiger partial charge in [0.25, 0.3) is 5.91 Å². The topological polar surface area (TPSA) is 55.7 Å². The van der Waals surface area contributed by atoms with Crippen LogP contribution >= 0.6 is 0 Å². The summed E-state index contributed by atoms with van der Waals surface area (Å²) >= 11 is 0. The molecule has 1 aliphatic rings. The van der Waals surface area contributed by atoms with Gasteiger partial charge in [-0.1, -0.05) is 19.1 Å². The van der Waals surface area contributed by atoms with E-state index in [1.54, 1.807) is 7.11 Å². The first kappa shape index (κ1) is 21.4. The van der Waals surface area contributed by atoms with E-state index in [0.29, 0.717) is 13.1 Å². The van der Waals surface area contributed by atoms with E-state index in [0.717, 1.165) is 67.5 Å². The molecule has 0 spiro atoms. The quantitative estimate of drug-likeness (QED) is 0.742. The van der Waals surface area contributed by atoms with Crippen molar-refractivity contribution in [3.63, 3.8) is 0 Å². The Kier molecular flexibility index (Phi) is 7.34. The van der Waals surface area contributed by atoms with Crippen molar-refractivity contribution in [3.8, 4) is 5.75 Å². The summed E-state index contributed by atoms with van der Waals surface area (Å²) in [6, 6.07) is 8.03. The van der Waals surface area contributed by atoms with Gasteiger partial charge in [-0.2, -0.15) is 0 Å². The molecule has 6 heteroatoms. The van der Waals surface area contributed by atoms with Crippen LogP contribution in [0.15, 0.2) is 24.3 Å². The molecule has 3 rings (SSSR count). The van der Waals surface area contributed by atoms with Gasteiger partial charge in [-0.25, -0.2) is 0 Å². The Bertz CT molecular complexity index is 838. The van der Waals surface area contributed by atoms with Crippen LogP contribution in [0.2, 0.25) is 0 Å². The molecule has 0 atom stereocenters. The number of benzene rings is 1. The Morgan fingerprint density at radius 1 is 1.24 bits per heavy atom. The summed E-state index contributed by atoms with van der Waals surface area (Å²) in [5, 5.41) is 3.13. The zero-order valence-electron chi connectivity index (χ0n) is 18.1. The van der Waals surface area contributed by atoms with Crippen molar-refractivity contribution in [2.45, 2.75) is 33.7 Å². The Balaban J connectivity index is 1.78. The highest BCUT2D eigenvalue weighted by atomic mass is 16.5. The van der Waals surface area contributed by atoms with E-state index in [4.69, 9.17) is 9.47 Å². The summed E-state index contributed by atoms with van der Waals surface area (Å²) in [4.78, 5) is 15.5. The van der Waals surface area contributed by atoms with Gasteiger partial charge in [-0.15, -0.1) is 0 Å². The maximum absolute atomic E-state index is 13.1. The number of amides is 1. The molecule has 29 heavy (non-hydrogen) atoms. The van der Waals surface area contributed by atoms with Crippen molar-refractivity contribution in [2.24, 2.45) is 0 Å². The maximum Gasteiger partial charge on any atom is 0.268 e. The van der Waals surface area contributed by atoms with Crippen molar-refractivity contribution in [1.82, 2.24) is 14.8 Å². The van der Waals surface area contributed by atoms with Gasteiger partial charge >= 0.3 is 0 Å². The van der Waals surface area contributed by atoms with Gasteiger partial charge in [0, 0.05) is 38.4 Å². The third-order valence-electron chi connectivity index (χ3n) is 5.78. The average Bonchev–Trinajstić information content (AvgIpc) is 2.97. The van der Waals surface area contributed by atoms with E-state index in [-0.39, 0.29) is 5.91 Å². The van der Waals surface area contributed by atoms with E-state index < -0.39 is 0 Å². The number of hydrogen-bond acceptors (Lipinski definition) is 4. The third kappa shape index (κ3) is 5.00. The SMILES string of the molecule is CCc1c(C)c(C(=O)NCCN2CCOCC2)n(Cc2cccc(OC)c2)c1C. The molecule has 1 aromatic heterocycles. The third-order valence-corrected chi connectivity index (χ3v) is 5.78. The highest BCUT2D eigenvalue weighted by Crippen LogP contribution is 2.25. The Morgan fingerprint density at radius 2 is 2.00 bits per heavy atom. The molecule has 2 heterocycles. The maximum atomic E-state index is 13.1. The predicted octanol–water partition coefficient (Wildman–Crippen LogP) is 2.79. The highest BCUT2D eigenvalue weighted by molar-refractivity contribution is 5.95. The lowest BCUT2D eigenvalue weighted by molar-refractivity contribution is 0.0383. The van der Waals surface area contributed by atoms with Crippen molar-refractivity contribution in [1.29, 1.82) is 0 Å². The fourth-order valence-corrected chi connectivity index (χ4v) is 4.15. The lowest BCUT2D eigenvalue weighted by Gasteiger charge is -2.26. The van der Waals surface area contributed by atoms with Crippen LogP contribution in [0.1, 0.15) is 39.8 Å². The highest BCUT2D eigenvalue weighted by Gasteiger charge is 2.22. The largest absolute Gasteiger partial charge is 0.497 e. The average molecular weight is 400 g/mol. The lowest BCUT2D eigenvalue weighted by atomic mass is 10.1. The van der Waals surface area contributed by atoms with Gasteiger partial charge in [-0.05, 0) is 49.1 Å². The number of ether oxygens (including phenoxy) is 2. The molecule has 0 saturated carbocycles. The van der Waals surface area contributed by atoms with E-state index in [2.05, 4.69) is 41.6 Å². The molecule has 1 amide bonds. The van der Waals surface area contributed by atoms with Crippen molar-refractivity contribution < 1.29 is 14.3 Å². The summed E-state index contributed by atoms with van der Waals surface area (Å²) < 4.78 is 12.9. The smallest absolute Gasteiger partial charge is 0.268 e. The van der Waals surface area contributed by atoms with Gasteiger partial charge in [0.15, 0.2) is 0 Å². The molecular formula is C23H33N3O3. The lowest BCUT2D eigenvalue weighted by Crippen LogP contribution is -2.41. The number of rotatable bonds is 8. The zero-order valence-corrected chi connectivity index (χ0v) is 18.1. The van der Waals surface area contributed by atoms with E-state index in [9.17, 15) is 4.79 Å². The second kappa shape index (κ2) is 9.94. The monoisotopic (exact) mass is 399 g/mol. The number of aromatic nitrogens is 1. The Hall–Kier alpha value is -2.31. The van der Waals surface area contributed by atoms with Crippen LogP contribution in [-0.4, -0.2) is 61.9 Å². The molecule has 0 unspecified atom stereocenters. The first-order valence-corrected chi connectivity index (χ1v) is 10.4. The van der Waals surface area contributed by atoms with Gasteiger partial charge < -0.3 is 19.4 Å². The Morgan fingerprint density at radius 3 is 2.69 bits per heavy atom. The van der Waals surface area contributed by atoms with Gasteiger partial charge in [0.05, 0.1) is 20.3 Å². The molecule has 1 fully saturated rings. The minimum atomic E-state index is 0.00135. The van der Waals surface area contributed by atoms with Crippen molar-refractivity contribution >= 4 is 5.91 Å². The molecule has 1 aromatic carbocycles. The first-order chi connectivity index (χ1) is 14.0. The number of nitrogens with one attached hydrogen (secondary N) is 1. The summed E-state index contributed by atoms with van der Waals surface area (Å²) in [5.41, 5.74) is 5.38. The molecule has 1 aliphatic heterocycles. The molecule has 1 saturated heterocycles. The summed E-state index contributed by atoms with van der Waals surface area (Å²) in [6.07, 6.45) is 0.914. The number of carbonyl (C=O) groups is 1. The fraction of sp³-hybridized carbons (Fsp3) is 0.522. The van der Waals surface area contributed by atoms with Crippen LogP contribution in [-0.2, 0) is 17.7 Å². The van der Waals surface area contributed by atoms with Gasteiger partial charge in [-0.3, -0.25) is 9.69 Å². The van der Waals surface area contributed by atoms with Crippen LogP contribution in [0.25, 0.3) is 0 Å². The van der Waals surface area contributed by atoms with Crippen LogP contribution < -0.4 is 10.1 Å². The van der Waals surface area contributed by atoms with Gasteiger partial charge in [0.1, 0.15) is 11.4 Å². The molecule has 2 aromatic rings. The van der Waals surface area contributed by atoms with Crippen LogP contribution in [0.4, 0.5) is 0 Å². The number of methoxy groups -OCH3 is 1. The number of carbonyl (C=O) groups excluding carboxylic acids is 1. The second-order valence-corrected chi connectivity index (χ2v) is 7.54. The summed E-state index contributed by atoms with van der Waals surface area (Å²) in [5.74, 6) is 0.831. The predicted molar refractivity (Wildman–Crippen MR) is 115 cm³/mol. The van der Waals surface area contributed by atoms with Crippen LogP contribution in [0, 0.1) is 13.8 Å². The fourth-order valence-electron chi connectivity index (χ4n) is 4.15. The van der Waals surface area contributed by atoms with Crippen LogP contribution in [0.3, 0.4) is 0 Å². The van der Waals surface area contributed by atoms with E-state index in [1.807, 2.05) is 18.2 Å². The van der Waals surface area contributed by atoms with Gasteiger partial charge in [0.2, 0.25) is 0 Å². The molecule has 0 bridgehead atoms. The molecular weight excluding hydrogens is 366 g/mol. The zero-order chi connectivity index (χ0) is 20.8. The molecule has 0 aliphatic carbocycles. The van der Waals surface area contributed by atoms with E-state index in [1.165, 1.54) is 5.56 Å². The first-order valence-electron chi connectivity index (χ1n) is 10.4. The van der Waals surface area contributed by atoms with Crippen LogP contribution in [0.5, 0.6) is 5.75 Å². The number of nitrogens with zero attached hydrogens (tertiary/aromatic N) is 2. The van der Waals surface area contributed by atoms with Crippen molar-refractivity contribution in [3.05, 3.63) is 52.3 Å². The second-order valence-electron chi connectivity index (χ2n) is 7.54. The molecule has 158 valence electrons. The minimum absolute atomic E-state index is 0.00135. The minimum Gasteiger partial charge on any atom is -0.497 e. The normalized spacial score (nSPS) is 14.8. The van der Waals surface area contributed by atoms with Crippen molar-refractivity contribution in [2.75, 3.05) is 46.5 Å².